The summed E-state index contributed by atoms with van der Waals surface area (Å²) in [6, 6.07) is 53.3. The van der Waals surface area contributed by atoms with Gasteiger partial charge in [0.1, 0.15) is 7.14 Å². The third kappa shape index (κ3) is 9.82. The lowest BCUT2D eigenvalue weighted by Crippen LogP contribution is -2.17. The van der Waals surface area contributed by atoms with E-state index in [0.717, 1.165) is 49.0 Å². The van der Waals surface area contributed by atoms with Gasteiger partial charge in [0.25, 0.3) is 0 Å². The topological polar surface area (TPSA) is 51.2 Å². The van der Waals surface area contributed by atoms with Crippen molar-refractivity contribution in [2.75, 3.05) is 18.5 Å². The molecule has 0 aromatic heterocycles. The highest BCUT2D eigenvalue weighted by molar-refractivity contribution is 7.78. The van der Waals surface area contributed by atoms with Crippen molar-refractivity contribution in [1.82, 2.24) is 0 Å². The Hall–Kier alpha value is -5.03. The van der Waals surface area contributed by atoms with E-state index in [-0.39, 0.29) is 0 Å². The van der Waals surface area contributed by atoms with Gasteiger partial charge in [0.15, 0.2) is 22.9 Å². The summed E-state index contributed by atoms with van der Waals surface area (Å²) in [5.41, 5.74) is 5.12. The second-order valence-electron chi connectivity index (χ2n) is 12.1. The molecule has 0 amide bonds. The maximum Gasteiger partial charge on any atom is 0.380 e. The van der Waals surface area contributed by atoms with Crippen LogP contribution in [0.5, 0.6) is 0 Å². The Bertz CT molecular complexity index is 2090. The smallest absolute Gasteiger partial charge is 0.313 e. The highest BCUT2D eigenvalue weighted by Gasteiger charge is 2.25. The van der Waals surface area contributed by atoms with Crippen LogP contribution in [0.2, 0.25) is 0 Å². The molecule has 0 aliphatic rings. The molecule has 0 bridgehead atoms. The lowest BCUT2D eigenvalue weighted by Gasteiger charge is -2.17. The summed E-state index contributed by atoms with van der Waals surface area (Å²) < 4.78 is 40.1. The fourth-order valence-electron chi connectivity index (χ4n) is 5.83. The fraction of sp³-hybridized carbons (Fsp3) is 0.0667. The second-order valence-corrected chi connectivity index (χ2v) is 18.3. The summed E-state index contributed by atoms with van der Waals surface area (Å²) in [4.78, 5) is 0. The minimum Gasteiger partial charge on any atom is -0.313 e. The summed E-state index contributed by atoms with van der Waals surface area (Å²) >= 11 is 0. The molecule has 2 atom stereocenters. The Balaban J connectivity index is 1.21. The molecule has 3 nitrogen and oxygen atoms in total. The molecule has 0 aliphatic carbocycles. The van der Waals surface area contributed by atoms with E-state index in [9.17, 15) is 13.7 Å². The maximum absolute atomic E-state index is 14.4. The zero-order chi connectivity index (χ0) is 35.3. The quantitative estimate of drug-likeness (QED) is 0.105. The van der Waals surface area contributed by atoms with Crippen LogP contribution in [-0.2, 0) is 13.7 Å². The molecule has 250 valence electrons. The van der Waals surface area contributed by atoms with E-state index in [1.807, 2.05) is 158 Å². The lowest BCUT2D eigenvalue weighted by molar-refractivity contribution is 0.588. The lowest BCUT2D eigenvalue weighted by atomic mass is 9.98. The summed E-state index contributed by atoms with van der Waals surface area (Å²) in [5, 5.41) is 3.40. The van der Waals surface area contributed by atoms with Gasteiger partial charge in [0, 0.05) is 16.8 Å². The molecule has 0 saturated carbocycles. The molecule has 0 spiro atoms. The fourth-order valence-corrected chi connectivity index (χ4v) is 10.3. The first-order valence-corrected chi connectivity index (χ1v) is 21.7. The standard InChI is InChI=1S/C45H39O3P3/c46-49(42-19-5-1-6-20-42)31-13-16-38-34-39(17-14-32-50(47)43-21-7-2-8-22-43)36-41(35-38)40-29-27-37(28-30-40)18-15-33-51(48,44-23-9-3-10-24-44)45-25-11-4-12-26-45/h1-30,34-36H,31-33H2/q+2/b16-13+,17-14+,18-15+. The van der Waals surface area contributed by atoms with Crippen LogP contribution in [0.4, 0.5) is 0 Å². The summed E-state index contributed by atoms with van der Waals surface area (Å²) in [6.45, 7) is 0. The van der Waals surface area contributed by atoms with Gasteiger partial charge in [-0.25, -0.2) is 0 Å². The maximum atomic E-state index is 14.4. The predicted molar refractivity (Wildman–Crippen MR) is 221 cm³/mol. The van der Waals surface area contributed by atoms with Crippen LogP contribution in [0.15, 0.2) is 182 Å². The van der Waals surface area contributed by atoms with Crippen molar-refractivity contribution in [3.63, 3.8) is 0 Å². The van der Waals surface area contributed by atoms with Crippen molar-refractivity contribution in [3.05, 3.63) is 199 Å². The third-order valence-electron chi connectivity index (χ3n) is 8.49. The van der Waals surface area contributed by atoms with Crippen molar-refractivity contribution in [2.45, 2.75) is 0 Å². The van der Waals surface area contributed by atoms with E-state index in [0.29, 0.717) is 18.5 Å². The molecule has 0 fully saturated rings. The van der Waals surface area contributed by atoms with Crippen molar-refractivity contribution in [1.29, 1.82) is 0 Å². The second kappa shape index (κ2) is 17.8. The molecule has 0 heterocycles. The number of rotatable bonds is 14. The highest BCUT2D eigenvalue weighted by atomic mass is 31.2. The Morgan fingerprint density at radius 1 is 0.431 bits per heavy atom. The minimum atomic E-state index is -2.83. The molecule has 0 N–H and O–H groups in total. The Morgan fingerprint density at radius 2 is 0.843 bits per heavy atom. The van der Waals surface area contributed by atoms with Crippen LogP contribution in [-0.4, -0.2) is 18.5 Å². The molecule has 51 heavy (non-hydrogen) atoms. The van der Waals surface area contributed by atoms with Gasteiger partial charge in [-0.1, -0.05) is 155 Å². The van der Waals surface area contributed by atoms with Gasteiger partial charge in [0.05, 0.1) is 0 Å². The summed E-state index contributed by atoms with van der Waals surface area (Å²) in [5.74, 6) is 0. The predicted octanol–water partition coefficient (Wildman–Crippen LogP) is 10.7. The third-order valence-corrected chi connectivity index (χ3v) is 14.3. The molecular weight excluding hydrogens is 681 g/mol. The van der Waals surface area contributed by atoms with Gasteiger partial charge in [0.2, 0.25) is 0 Å². The first-order valence-electron chi connectivity index (χ1n) is 16.9. The molecule has 0 saturated heterocycles. The van der Waals surface area contributed by atoms with E-state index in [1.165, 1.54) is 0 Å². The van der Waals surface area contributed by atoms with Crippen LogP contribution in [0.1, 0.15) is 16.7 Å². The van der Waals surface area contributed by atoms with E-state index in [1.54, 1.807) is 0 Å². The van der Waals surface area contributed by atoms with Gasteiger partial charge in [-0.15, -0.1) is 0 Å². The zero-order valence-corrected chi connectivity index (χ0v) is 30.9. The monoisotopic (exact) mass is 720 g/mol. The Labute approximate surface area is 303 Å². The average Bonchev–Trinajstić information content (AvgIpc) is 3.19. The molecular formula is C45H39O3P3+2. The first-order chi connectivity index (χ1) is 25.0. The molecule has 6 rings (SSSR count). The molecule has 0 aliphatic heterocycles. The summed E-state index contributed by atoms with van der Waals surface area (Å²) in [7, 11) is -5.87. The van der Waals surface area contributed by atoms with Gasteiger partial charge >= 0.3 is 15.6 Å². The van der Waals surface area contributed by atoms with Crippen molar-refractivity contribution >= 4 is 62.2 Å². The number of hydrogen-bond acceptors (Lipinski definition) is 3. The minimum absolute atomic E-state index is 0.429. The molecule has 6 aromatic rings. The van der Waals surface area contributed by atoms with Gasteiger partial charge in [-0.05, 0) is 82.4 Å². The van der Waals surface area contributed by atoms with Crippen LogP contribution >= 0.6 is 22.7 Å². The number of allylic oxidation sites excluding steroid dienone is 3. The van der Waals surface area contributed by atoms with Crippen molar-refractivity contribution < 1.29 is 13.7 Å². The molecule has 2 unspecified atom stereocenters. The van der Waals surface area contributed by atoms with E-state index in [4.69, 9.17) is 0 Å². The Morgan fingerprint density at radius 3 is 1.29 bits per heavy atom. The van der Waals surface area contributed by atoms with Crippen molar-refractivity contribution in [3.8, 4) is 11.1 Å². The zero-order valence-electron chi connectivity index (χ0n) is 28.2. The van der Waals surface area contributed by atoms with Crippen LogP contribution in [0.3, 0.4) is 0 Å². The van der Waals surface area contributed by atoms with Crippen molar-refractivity contribution in [2.24, 2.45) is 0 Å². The first kappa shape index (κ1) is 35.8. The normalized spacial score (nSPS) is 12.5. The molecule has 0 radical (unpaired) electrons. The van der Waals surface area contributed by atoms with E-state index in [2.05, 4.69) is 42.5 Å². The SMILES string of the molecule is O=[P+](C/C=C/c1cc(/C=C/C[P+](=O)c2ccccc2)cc(-c2ccc(/C=C/CP(=O)(c3ccccc3)c3ccccc3)cc2)c1)c1ccccc1. The van der Waals surface area contributed by atoms with E-state index < -0.39 is 22.7 Å². The van der Waals surface area contributed by atoms with Gasteiger partial charge in [-0.2, -0.15) is 0 Å². The Kier molecular flexibility index (Phi) is 12.5. The van der Waals surface area contributed by atoms with Crippen LogP contribution in [0.25, 0.3) is 29.4 Å². The summed E-state index contributed by atoms with van der Waals surface area (Å²) in [6.07, 6.45) is 13.4. The number of benzene rings is 6. The van der Waals surface area contributed by atoms with Gasteiger partial charge in [-0.3, -0.25) is 0 Å². The van der Waals surface area contributed by atoms with Crippen LogP contribution < -0.4 is 21.2 Å². The van der Waals surface area contributed by atoms with Gasteiger partial charge < -0.3 is 4.57 Å². The van der Waals surface area contributed by atoms with E-state index >= 15 is 0 Å². The largest absolute Gasteiger partial charge is 0.380 e. The number of hydrogen-bond donors (Lipinski definition) is 0. The molecule has 6 aromatic carbocycles. The van der Waals surface area contributed by atoms with Crippen LogP contribution in [0, 0.1) is 0 Å². The molecule has 6 heteroatoms. The highest BCUT2D eigenvalue weighted by Crippen LogP contribution is 2.43. The average molecular weight is 721 g/mol.